The van der Waals surface area contributed by atoms with Gasteiger partial charge in [0.25, 0.3) is 0 Å². The number of halogens is 2. The van der Waals surface area contributed by atoms with Crippen LogP contribution in [0.4, 0.5) is 14.9 Å². The Bertz CT molecular complexity index is 768. The summed E-state index contributed by atoms with van der Waals surface area (Å²) in [5.74, 6) is -0.309. The fourth-order valence-electron chi connectivity index (χ4n) is 3.06. The molecule has 0 unspecified atom stereocenters. The normalized spacial score (nSPS) is 14.7. The summed E-state index contributed by atoms with van der Waals surface area (Å²) >= 11 is 5.99. The van der Waals surface area contributed by atoms with Gasteiger partial charge in [0, 0.05) is 16.3 Å². The van der Waals surface area contributed by atoms with Gasteiger partial charge in [0.2, 0.25) is 0 Å². The second-order valence-corrected chi connectivity index (χ2v) is 7.00. The quantitative estimate of drug-likeness (QED) is 0.793. The van der Waals surface area contributed by atoms with E-state index in [1.165, 1.54) is 11.0 Å². The van der Waals surface area contributed by atoms with Crippen LogP contribution >= 0.6 is 11.6 Å². The van der Waals surface area contributed by atoms with Crippen LogP contribution in [0.3, 0.4) is 0 Å². The third-order valence-electron chi connectivity index (χ3n) is 4.62. The van der Waals surface area contributed by atoms with Crippen molar-refractivity contribution in [3.63, 3.8) is 0 Å². The number of ether oxygens (including phenoxy) is 1. The molecule has 27 heavy (non-hydrogen) atoms. The number of carbonyl (C=O) groups excluding carboxylic acids is 1. The molecule has 0 aliphatic carbocycles. The molecule has 0 saturated carbocycles. The fraction of sp³-hybridized carbons (Fsp3) is 0.350. The number of amides is 2. The van der Waals surface area contributed by atoms with Crippen LogP contribution in [0.2, 0.25) is 5.02 Å². The number of benzene rings is 2. The Morgan fingerprint density at radius 2 is 1.96 bits per heavy atom. The lowest BCUT2D eigenvalue weighted by atomic mass is 10.2. The van der Waals surface area contributed by atoms with Crippen LogP contribution in [0, 0.1) is 5.82 Å². The van der Waals surface area contributed by atoms with E-state index in [4.69, 9.17) is 16.3 Å². The lowest BCUT2D eigenvalue weighted by Crippen LogP contribution is -3.14. The van der Waals surface area contributed by atoms with E-state index in [1.54, 1.807) is 47.4 Å². The van der Waals surface area contributed by atoms with Crippen LogP contribution in [0.5, 0.6) is 0 Å². The zero-order valence-electron chi connectivity index (χ0n) is 15.1. The van der Waals surface area contributed by atoms with E-state index >= 15 is 0 Å². The molecule has 2 aromatic rings. The van der Waals surface area contributed by atoms with Crippen molar-refractivity contribution in [2.75, 3.05) is 44.7 Å². The highest BCUT2D eigenvalue weighted by molar-refractivity contribution is 6.30. The average molecular weight is 393 g/mol. The molecule has 0 atom stereocenters. The van der Waals surface area contributed by atoms with Crippen LogP contribution in [-0.2, 0) is 11.3 Å². The van der Waals surface area contributed by atoms with Gasteiger partial charge in [-0.15, -0.1) is 0 Å². The first kappa shape index (κ1) is 19.6. The molecule has 1 saturated heterocycles. The number of carbonyl (C=O) groups is 1. The van der Waals surface area contributed by atoms with Gasteiger partial charge in [0.05, 0.1) is 32.8 Å². The number of hydrogen-bond donors (Lipinski definition) is 2. The highest BCUT2D eigenvalue weighted by Gasteiger charge is 2.20. The first-order valence-electron chi connectivity index (χ1n) is 9.08. The van der Waals surface area contributed by atoms with Crippen molar-refractivity contribution in [1.29, 1.82) is 0 Å². The second kappa shape index (κ2) is 9.69. The minimum Gasteiger partial charge on any atom is -0.370 e. The smallest absolute Gasteiger partial charge is 0.322 e. The predicted octanol–water partition coefficient (Wildman–Crippen LogP) is 2.43. The van der Waals surface area contributed by atoms with Crippen molar-refractivity contribution in [1.82, 2.24) is 4.90 Å². The molecular formula is C20H24ClFN3O2+. The van der Waals surface area contributed by atoms with Gasteiger partial charge in [-0.3, -0.25) is 0 Å². The van der Waals surface area contributed by atoms with Crippen molar-refractivity contribution in [3.8, 4) is 0 Å². The van der Waals surface area contributed by atoms with Gasteiger partial charge in [0.1, 0.15) is 18.9 Å². The van der Waals surface area contributed by atoms with Crippen molar-refractivity contribution >= 4 is 23.3 Å². The van der Waals surface area contributed by atoms with Crippen LogP contribution in [0.15, 0.2) is 48.5 Å². The minimum atomic E-state index is -0.309. The maximum atomic E-state index is 14.1. The Morgan fingerprint density at radius 3 is 2.70 bits per heavy atom. The van der Waals surface area contributed by atoms with E-state index in [9.17, 15) is 9.18 Å². The lowest BCUT2D eigenvalue weighted by molar-refractivity contribution is -0.907. The van der Waals surface area contributed by atoms with E-state index in [0.717, 1.165) is 32.8 Å². The van der Waals surface area contributed by atoms with Crippen molar-refractivity contribution in [2.24, 2.45) is 0 Å². The summed E-state index contributed by atoms with van der Waals surface area (Å²) in [5.41, 5.74) is 1.11. The number of anilines is 1. The SMILES string of the molecule is O=C(Nc1cccc(Cl)c1)N(CC[NH+]1CCOCC1)Cc1ccccc1F. The Hall–Kier alpha value is -2.15. The molecule has 2 N–H and O–H groups in total. The van der Waals surface area contributed by atoms with Gasteiger partial charge in [-0.2, -0.15) is 0 Å². The van der Waals surface area contributed by atoms with E-state index in [2.05, 4.69) is 5.32 Å². The monoisotopic (exact) mass is 392 g/mol. The summed E-state index contributed by atoms with van der Waals surface area (Å²) in [6, 6.07) is 13.3. The van der Waals surface area contributed by atoms with Crippen molar-refractivity contribution < 1.29 is 18.8 Å². The Balaban J connectivity index is 1.69. The zero-order chi connectivity index (χ0) is 19.1. The molecule has 1 fully saturated rings. The molecule has 0 bridgehead atoms. The fourth-order valence-corrected chi connectivity index (χ4v) is 3.25. The van der Waals surface area contributed by atoms with Crippen molar-refractivity contribution in [2.45, 2.75) is 6.54 Å². The molecule has 2 amide bonds. The Labute approximate surface area is 163 Å². The van der Waals surface area contributed by atoms with Gasteiger partial charge < -0.3 is 19.9 Å². The van der Waals surface area contributed by atoms with Crippen LogP contribution in [-0.4, -0.2) is 50.3 Å². The molecule has 1 aliphatic heterocycles. The average Bonchev–Trinajstić information content (AvgIpc) is 2.67. The number of nitrogens with one attached hydrogen (secondary N) is 2. The molecule has 0 radical (unpaired) electrons. The number of urea groups is 1. The number of rotatable bonds is 6. The maximum Gasteiger partial charge on any atom is 0.322 e. The molecule has 0 spiro atoms. The Morgan fingerprint density at radius 1 is 1.19 bits per heavy atom. The van der Waals surface area contributed by atoms with E-state index in [-0.39, 0.29) is 18.4 Å². The van der Waals surface area contributed by atoms with Gasteiger partial charge in [-0.05, 0) is 24.3 Å². The van der Waals surface area contributed by atoms with Crippen LogP contribution in [0.25, 0.3) is 0 Å². The van der Waals surface area contributed by atoms with Crippen LogP contribution in [0.1, 0.15) is 5.56 Å². The highest BCUT2D eigenvalue weighted by Crippen LogP contribution is 2.16. The molecule has 7 heteroatoms. The molecule has 2 aromatic carbocycles. The number of nitrogens with zero attached hydrogens (tertiary/aromatic N) is 1. The zero-order valence-corrected chi connectivity index (χ0v) is 15.8. The summed E-state index contributed by atoms with van der Waals surface area (Å²) < 4.78 is 19.5. The topological polar surface area (TPSA) is 46.0 Å². The molecule has 5 nitrogen and oxygen atoms in total. The molecule has 144 valence electrons. The van der Waals surface area contributed by atoms with Gasteiger partial charge in [0.15, 0.2) is 0 Å². The van der Waals surface area contributed by atoms with Gasteiger partial charge in [-0.25, -0.2) is 9.18 Å². The Kier molecular flexibility index (Phi) is 7.04. The minimum absolute atomic E-state index is 0.211. The van der Waals surface area contributed by atoms with Gasteiger partial charge >= 0.3 is 6.03 Å². The summed E-state index contributed by atoms with van der Waals surface area (Å²) in [4.78, 5) is 15.9. The largest absolute Gasteiger partial charge is 0.370 e. The van der Waals surface area contributed by atoms with Crippen molar-refractivity contribution in [3.05, 3.63) is 64.9 Å². The summed E-state index contributed by atoms with van der Waals surface area (Å²) in [5, 5.41) is 3.40. The standard InChI is InChI=1S/C20H23ClFN3O2/c21-17-5-3-6-18(14-17)23-20(26)25(9-8-24-10-12-27-13-11-24)15-16-4-1-2-7-19(16)22/h1-7,14H,8-13,15H2,(H,23,26)/p+1. The maximum absolute atomic E-state index is 14.1. The number of hydrogen-bond acceptors (Lipinski definition) is 2. The van der Waals surface area contributed by atoms with E-state index in [1.807, 2.05) is 0 Å². The van der Waals surface area contributed by atoms with E-state index < -0.39 is 0 Å². The summed E-state index contributed by atoms with van der Waals surface area (Å²) in [7, 11) is 0. The first-order chi connectivity index (χ1) is 13.1. The number of morpholine rings is 1. The van der Waals surface area contributed by atoms with Gasteiger partial charge in [-0.1, -0.05) is 35.9 Å². The summed E-state index contributed by atoms with van der Waals surface area (Å²) in [6.07, 6.45) is 0. The molecule has 1 heterocycles. The second-order valence-electron chi connectivity index (χ2n) is 6.57. The summed E-state index contributed by atoms with van der Waals surface area (Å²) in [6.45, 7) is 4.83. The van der Waals surface area contributed by atoms with E-state index in [0.29, 0.717) is 22.8 Å². The third-order valence-corrected chi connectivity index (χ3v) is 4.85. The lowest BCUT2D eigenvalue weighted by Gasteiger charge is -2.28. The molecular weight excluding hydrogens is 369 g/mol. The van der Waals surface area contributed by atoms with Crippen LogP contribution < -0.4 is 10.2 Å². The molecule has 0 aromatic heterocycles. The number of quaternary nitrogens is 1. The highest BCUT2D eigenvalue weighted by atomic mass is 35.5. The third kappa shape index (κ3) is 5.92. The molecule has 3 rings (SSSR count). The first-order valence-corrected chi connectivity index (χ1v) is 9.46. The predicted molar refractivity (Wildman–Crippen MR) is 104 cm³/mol. The molecule has 1 aliphatic rings.